The Morgan fingerprint density at radius 3 is 2.54 bits per heavy atom. The Labute approximate surface area is 154 Å². The Kier molecular flexibility index (Phi) is 5.47. The highest BCUT2D eigenvalue weighted by Crippen LogP contribution is 2.27. The number of benzene rings is 1. The van der Waals surface area contributed by atoms with Gasteiger partial charge in [0, 0.05) is 24.8 Å². The summed E-state index contributed by atoms with van der Waals surface area (Å²) in [5.41, 5.74) is 2.48. The summed E-state index contributed by atoms with van der Waals surface area (Å²) in [6.45, 7) is 5.43. The van der Waals surface area contributed by atoms with Gasteiger partial charge in [-0.3, -0.25) is 0 Å². The van der Waals surface area contributed by atoms with Crippen LogP contribution in [-0.2, 0) is 0 Å². The van der Waals surface area contributed by atoms with Gasteiger partial charge in [0.15, 0.2) is 0 Å². The minimum Gasteiger partial charge on any atom is -0.497 e. The molecule has 0 fully saturated rings. The maximum absolute atomic E-state index is 9.79. The van der Waals surface area contributed by atoms with Crippen LogP contribution in [0.3, 0.4) is 0 Å². The third-order valence-corrected chi connectivity index (χ3v) is 4.27. The van der Waals surface area contributed by atoms with Crippen LogP contribution in [0, 0.1) is 0 Å². The van der Waals surface area contributed by atoms with E-state index in [1.165, 1.54) is 11.3 Å². The van der Waals surface area contributed by atoms with Crippen molar-refractivity contribution >= 4 is 11.3 Å². The molecule has 1 aromatic carbocycles. The lowest BCUT2D eigenvalue weighted by molar-refractivity contribution is 0.0268. The molecule has 0 spiro atoms. The summed E-state index contributed by atoms with van der Waals surface area (Å²) in [7, 11) is 1.68. The van der Waals surface area contributed by atoms with E-state index >= 15 is 0 Å². The van der Waals surface area contributed by atoms with Crippen LogP contribution >= 0.6 is 0 Å². The van der Waals surface area contributed by atoms with E-state index in [1.807, 2.05) is 30.3 Å². The Morgan fingerprint density at radius 1 is 1.15 bits per heavy atom. The van der Waals surface area contributed by atoms with E-state index in [0.717, 1.165) is 31.0 Å². The number of hydrogen-bond donors (Lipinski definition) is 1. The number of methoxy groups -OCH3 is 1. The maximum Gasteiger partial charge on any atom is 0.213 e. The monoisotopic (exact) mass is 354 g/mol. The van der Waals surface area contributed by atoms with Gasteiger partial charge >= 0.3 is 0 Å². The van der Waals surface area contributed by atoms with Crippen molar-refractivity contribution < 1.29 is 14.6 Å². The molecular weight excluding hydrogens is 328 g/mol. The number of nitrogens with zero attached hydrogens (tertiary/aromatic N) is 2. The van der Waals surface area contributed by atoms with Crippen LogP contribution < -0.4 is 14.4 Å². The molecule has 0 bridgehead atoms. The van der Waals surface area contributed by atoms with E-state index in [-0.39, 0.29) is 6.61 Å². The summed E-state index contributed by atoms with van der Waals surface area (Å²) in [6, 6.07) is 13.9. The second-order valence-corrected chi connectivity index (χ2v) is 7.09. The van der Waals surface area contributed by atoms with Crippen LogP contribution in [0.4, 0.5) is 5.69 Å². The van der Waals surface area contributed by atoms with Crippen molar-refractivity contribution in [3.05, 3.63) is 54.2 Å². The lowest BCUT2D eigenvalue weighted by Gasteiger charge is -2.28. The van der Waals surface area contributed by atoms with Gasteiger partial charge in [-0.15, -0.1) is 0 Å². The average Bonchev–Trinajstić information content (AvgIpc) is 2.66. The first-order chi connectivity index (χ1) is 12.4. The fraction of sp³-hybridized carbons (Fsp3) is 0.381. The smallest absolute Gasteiger partial charge is 0.213 e. The zero-order valence-electron chi connectivity index (χ0n) is 15.6. The van der Waals surface area contributed by atoms with Gasteiger partial charge in [-0.05, 0) is 56.2 Å². The number of hydrogen-bond acceptors (Lipinski definition) is 5. The van der Waals surface area contributed by atoms with E-state index in [1.54, 1.807) is 21.0 Å². The number of aromatic nitrogens is 1. The molecule has 1 aliphatic heterocycles. The summed E-state index contributed by atoms with van der Waals surface area (Å²) >= 11 is 0. The molecule has 1 aliphatic rings. The van der Waals surface area contributed by atoms with Crippen LogP contribution in [0.5, 0.6) is 11.6 Å². The number of ether oxygens (including phenoxy) is 2. The lowest BCUT2D eigenvalue weighted by atomic mass is 10.0. The topological polar surface area (TPSA) is 54.8 Å². The highest BCUT2D eigenvalue weighted by Gasteiger charge is 2.16. The molecule has 5 nitrogen and oxygen atoms in total. The van der Waals surface area contributed by atoms with Gasteiger partial charge in [-0.25, -0.2) is 4.98 Å². The largest absolute Gasteiger partial charge is 0.497 e. The highest BCUT2D eigenvalue weighted by atomic mass is 16.5. The van der Waals surface area contributed by atoms with Crippen LogP contribution in [-0.4, -0.2) is 42.5 Å². The number of pyridine rings is 1. The molecule has 0 atom stereocenters. The Hall–Kier alpha value is -2.53. The van der Waals surface area contributed by atoms with Gasteiger partial charge in [-0.2, -0.15) is 0 Å². The Morgan fingerprint density at radius 2 is 1.92 bits per heavy atom. The van der Waals surface area contributed by atoms with E-state index < -0.39 is 5.60 Å². The van der Waals surface area contributed by atoms with Gasteiger partial charge < -0.3 is 19.5 Å². The van der Waals surface area contributed by atoms with Crippen LogP contribution in [0.1, 0.15) is 26.0 Å². The van der Waals surface area contributed by atoms with E-state index in [9.17, 15) is 5.11 Å². The van der Waals surface area contributed by atoms with Gasteiger partial charge in [0.25, 0.3) is 0 Å². The van der Waals surface area contributed by atoms with Crippen molar-refractivity contribution in [1.29, 1.82) is 0 Å². The molecule has 0 amide bonds. The molecule has 5 heteroatoms. The zero-order chi connectivity index (χ0) is 18.6. The van der Waals surface area contributed by atoms with Crippen molar-refractivity contribution in [3.63, 3.8) is 0 Å². The molecule has 0 saturated carbocycles. The normalized spacial score (nSPS) is 14.8. The number of aliphatic hydroxyl groups is 1. The first-order valence-electron chi connectivity index (χ1n) is 8.85. The summed E-state index contributed by atoms with van der Waals surface area (Å²) in [5.74, 6) is 1.41. The quantitative estimate of drug-likeness (QED) is 0.860. The van der Waals surface area contributed by atoms with Crippen LogP contribution in [0.15, 0.2) is 48.5 Å². The molecule has 2 aromatic rings. The van der Waals surface area contributed by atoms with Gasteiger partial charge in [-0.1, -0.05) is 12.1 Å². The predicted octanol–water partition coefficient (Wildman–Crippen LogP) is 3.53. The lowest BCUT2D eigenvalue weighted by Crippen LogP contribution is -2.28. The van der Waals surface area contributed by atoms with Crippen molar-refractivity contribution in [2.75, 3.05) is 31.7 Å². The number of rotatable bonds is 6. The molecule has 0 unspecified atom stereocenters. The first-order valence-corrected chi connectivity index (χ1v) is 8.85. The standard InChI is InChI=1S/C21H26N2O3/c1-21(2,24)15-26-20-6-4-5-19(22-20)16-11-13-23(14-12-16)17-7-9-18(25-3)10-8-17/h4-11,24H,12-15H2,1-3H3. The minimum absolute atomic E-state index is 0.216. The van der Waals surface area contributed by atoms with E-state index in [2.05, 4.69) is 28.1 Å². The highest BCUT2D eigenvalue weighted by molar-refractivity contribution is 5.66. The molecule has 0 radical (unpaired) electrons. The average molecular weight is 354 g/mol. The van der Waals surface area contributed by atoms with Gasteiger partial charge in [0.2, 0.25) is 5.88 Å². The molecule has 138 valence electrons. The fourth-order valence-corrected chi connectivity index (χ4v) is 2.85. The zero-order valence-corrected chi connectivity index (χ0v) is 15.6. The molecule has 1 N–H and O–H groups in total. The summed E-state index contributed by atoms with van der Waals surface area (Å²) in [6.07, 6.45) is 3.14. The second-order valence-electron chi connectivity index (χ2n) is 7.09. The van der Waals surface area contributed by atoms with Gasteiger partial charge in [0.1, 0.15) is 12.4 Å². The summed E-state index contributed by atoms with van der Waals surface area (Å²) < 4.78 is 10.8. The molecular formula is C21H26N2O3. The third kappa shape index (κ3) is 4.76. The van der Waals surface area contributed by atoms with Crippen LogP contribution in [0.2, 0.25) is 0 Å². The molecule has 0 aliphatic carbocycles. The second kappa shape index (κ2) is 7.79. The van der Waals surface area contributed by atoms with Crippen molar-refractivity contribution in [1.82, 2.24) is 4.98 Å². The molecule has 0 saturated heterocycles. The molecule has 3 rings (SSSR count). The van der Waals surface area contributed by atoms with Crippen molar-refractivity contribution in [2.24, 2.45) is 0 Å². The summed E-state index contributed by atoms with van der Waals surface area (Å²) in [5, 5.41) is 9.79. The predicted molar refractivity (Wildman–Crippen MR) is 104 cm³/mol. The first kappa shape index (κ1) is 18.3. The van der Waals surface area contributed by atoms with Crippen LogP contribution in [0.25, 0.3) is 5.57 Å². The fourth-order valence-electron chi connectivity index (χ4n) is 2.85. The Balaban J connectivity index is 1.66. The molecule has 2 heterocycles. The summed E-state index contributed by atoms with van der Waals surface area (Å²) in [4.78, 5) is 6.91. The Bertz CT molecular complexity index is 764. The van der Waals surface area contributed by atoms with E-state index in [4.69, 9.17) is 9.47 Å². The third-order valence-electron chi connectivity index (χ3n) is 4.27. The van der Waals surface area contributed by atoms with Gasteiger partial charge in [0.05, 0.1) is 18.4 Å². The van der Waals surface area contributed by atoms with Crippen molar-refractivity contribution in [2.45, 2.75) is 25.9 Å². The molecule has 1 aromatic heterocycles. The number of anilines is 1. The maximum atomic E-state index is 9.79. The van der Waals surface area contributed by atoms with E-state index in [0.29, 0.717) is 5.88 Å². The minimum atomic E-state index is -0.874. The molecule has 26 heavy (non-hydrogen) atoms. The SMILES string of the molecule is COc1ccc(N2CC=C(c3cccc(OCC(C)(C)O)n3)CC2)cc1. The van der Waals surface area contributed by atoms with Crippen molar-refractivity contribution in [3.8, 4) is 11.6 Å².